The molecule has 0 spiro atoms. The maximum Gasteiger partial charge on any atom is 0.0266 e. The van der Waals surface area contributed by atoms with E-state index in [0.29, 0.717) is 11.8 Å². The van der Waals surface area contributed by atoms with Crippen molar-refractivity contribution in [1.82, 2.24) is 5.06 Å². The van der Waals surface area contributed by atoms with Gasteiger partial charge in [0.25, 0.3) is 0 Å². The lowest BCUT2D eigenvalue weighted by Crippen LogP contribution is -2.31. The maximum absolute atomic E-state index is 10.1. The predicted octanol–water partition coefficient (Wildman–Crippen LogP) is 5.11. The van der Waals surface area contributed by atoms with Gasteiger partial charge in [-0.25, -0.2) is 0 Å². The quantitative estimate of drug-likeness (QED) is 0.491. The molecule has 0 aromatic heterocycles. The Kier molecular flexibility index (Phi) is 11.9. The zero-order valence-electron chi connectivity index (χ0n) is 13.1. The fraction of sp³-hybridized carbons (Fsp3) is 1.00. The van der Waals surface area contributed by atoms with Gasteiger partial charge in [-0.2, -0.15) is 5.06 Å². The molecular formula is C16H35NO. The van der Waals surface area contributed by atoms with Gasteiger partial charge >= 0.3 is 0 Å². The molecule has 0 amide bonds. The van der Waals surface area contributed by atoms with E-state index in [4.69, 9.17) is 0 Å². The Morgan fingerprint density at radius 3 is 1.44 bits per heavy atom. The van der Waals surface area contributed by atoms with Crippen molar-refractivity contribution in [2.45, 2.75) is 79.1 Å². The van der Waals surface area contributed by atoms with Crippen LogP contribution in [0.5, 0.6) is 0 Å². The Labute approximate surface area is 115 Å². The SMILES string of the molecule is CCCCC(CC)CN(O)CC(CC)CCCC. The van der Waals surface area contributed by atoms with E-state index in [1.165, 1.54) is 51.4 Å². The highest BCUT2D eigenvalue weighted by molar-refractivity contribution is 4.64. The lowest BCUT2D eigenvalue weighted by atomic mass is 9.97. The highest BCUT2D eigenvalue weighted by Crippen LogP contribution is 2.17. The van der Waals surface area contributed by atoms with Gasteiger partial charge in [0.05, 0.1) is 0 Å². The first kappa shape index (κ1) is 17.9. The van der Waals surface area contributed by atoms with E-state index >= 15 is 0 Å². The summed E-state index contributed by atoms with van der Waals surface area (Å²) in [7, 11) is 0. The van der Waals surface area contributed by atoms with Gasteiger partial charge in [-0.15, -0.1) is 0 Å². The van der Waals surface area contributed by atoms with E-state index in [9.17, 15) is 5.21 Å². The molecule has 110 valence electrons. The van der Waals surface area contributed by atoms with Crippen LogP contribution in [0, 0.1) is 11.8 Å². The van der Waals surface area contributed by atoms with Gasteiger partial charge in [0.15, 0.2) is 0 Å². The third-order valence-electron chi connectivity index (χ3n) is 4.02. The summed E-state index contributed by atoms with van der Waals surface area (Å²) >= 11 is 0. The van der Waals surface area contributed by atoms with Crippen LogP contribution in [-0.2, 0) is 0 Å². The van der Waals surface area contributed by atoms with E-state index in [0.717, 1.165) is 13.1 Å². The summed E-state index contributed by atoms with van der Waals surface area (Å²) in [5.74, 6) is 1.33. The number of nitrogens with zero attached hydrogens (tertiary/aromatic N) is 1. The van der Waals surface area contributed by atoms with Crippen molar-refractivity contribution in [3.63, 3.8) is 0 Å². The average Bonchev–Trinajstić information content (AvgIpc) is 2.39. The van der Waals surface area contributed by atoms with Crippen LogP contribution >= 0.6 is 0 Å². The summed E-state index contributed by atoms with van der Waals surface area (Å²) in [5, 5.41) is 11.7. The monoisotopic (exact) mass is 257 g/mol. The zero-order valence-corrected chi connectivity index (χ0v) is 13.1. The molecule has 0 aliphatic heterocycles. The summed E-state index contributed by atoms with van der Waals surface area (Å²) in [6.07, 6.45) is 9.99. The summed E-state index contributed by atoms with van der Waals surface area (Å²) in [6, 6.07) is 0. The molecule has 0 fully saturated rings. The minimum atomic E-state index is 0.665. The molecule has 2 nitrogen and oxygen atoms in total. The zero-order chi connectivity index (χ0) is 13.8. The fourth-order valence-electron chi connectivity index (χ4n) is 2.51. The molecular weight excluding hydrogens is 222 g/mol. The molecule has 2 atom stereocenters. The van der Waals surface area contributed by atoms with Gasteiger partial charge in [0, 0.05) is 13.1 Å². The van der Waals surface area contributed by atoms with Crippen LogP contribution < -0.4 is 0 Å². The topological polar surface area (TPSA) is 23.5 Å². The number of unbranched alkanes of at least 4 members (excludes halogenated alkanes) is 2. The minimum Gasteiger partial charge on any atom is -0.314 e. The van der Waals surface area contributed by atoms with E-state index < -0.39 is 0 Å². The van der Waals surface area contributed by atoms with Crippen LogP contribution in [-0.4, -0.2) is 23.4 Å². The van der Waals surface area contributed by atoms with E-state index in [-0.39, 0.29) is 0 Å². The van der Waals surface area contributed by atoms with E-state index in [1.807, 2.05) is 0 Å². The largest absolute Gasteiger partial charge is 0.314 e. The summed E-state index contributed by atoms with van der Waals surface area (Å²) in [4.78, 5) is 0. The number of rotatable bonds is 12. The van der Waals surface area contributed by atoms with Crippen molar-refractivity contribution in [3.8, 4) is 0 Å². The first-order valence-corrected chi connectivity index (χ1v) is 8.11. The standard InChI is InChI=1S/C16H35NO/c1-5-9-11-15(7-3)13-17(18)14-16(8-4)12-10-6-2/h15-16,18H,5-14H2,1-4H3. The van der Waals surface area contributed by atoms with E-state index in [2.05, 4.69) is 27.7 Å². The third-order valence-corrected chi connectivity index (χ3v) is 4.02. The first-order chi connectivity index (χ1) is 8.67. The Morgan fingerprint density at radius 1 is 0.778 bits per heavy atom. The summed E-state index contributed by atoms with van der Waals surface area (Å²) in [6.45, 7) is 10.7. The van der Waals surface area contributed by atoms with Crippen LogP contribution in [0.4, 0.5) is 0 Å². The molecule has 0 radical (unpaired) electrons. The van der Waals surface area contributed by atoms with Crippen LogP contribution in [0.2, 0.25) is 0 Å². The highest BCUT2D eigenvalue weighted by Gasteiger charge is 2.14. The molecule has 0 bridgehead atoms. The van der Waals surface area contributed by atoms with E-state index in [1.54, 1.807) is 5.06 Å². The first-order valence-electron chi connectivity index (χ1n) is 8.11. The van der Waals surface area contributed by atoms with Crippen molar-refractivity contribution in [3.05, 3.63) is 0 Å². The molecule has 0 rings (SSSR count). The molecule has 2 unspecified atom stereocenters. The summed E-state index contributed by atoms with van der Waals surface area (Å²) in [5.41, 5.74) is 0. The molecule has 0 saturated heterocycles. The third kappa shape index (κ3) is 8.93. The molecule has 1 N–H and O–H groups in total. The van der Waals surface area contributed by atoms with Crippen LogP contribution in [0.25, 0.3) is 0 Å². The highest BCUT2D eigenvalue weighted by atomic mass is 16.5. The number of hydroxylamine groups is 2. The van der Waals surface area contributed by atoms with Crippen molar-refractivity contribution in [1.29, 1.82) is 0 Å². The molecule has 0 aliphatic carbocycles. The van der Waals surface area contributed by atoms with Gasteiger partial charge in [0.2, 0.25) is 0 Å². The molecule has 0 aromatic carbocycles. The lowest BCUT2D eigenvalue weighted by Gasteiger charge is -2.25. The minimum absolute atomic E-state index is 0.665. The fourth-order valence-corrected chi connectivity index (χ4v) is 2.51. The second-order valence-corrected chi connectivity index (χ2v) is 5.70. The Bertz CT molecular complexity index is 154. The van der Waals surface area contributed by atoms with Crippen molar-refractivity contribution >= 4 is 0 Å². The summed E-state index contributed by atoms with van der Waals surface area (Å²) < 4.78 is 0. The Balaban J connectivity index is 3.92. The van der Waals surface area contributed by atoms with Gasteiger partial charge in [-0.3, -0.25) is 0 Å². The van der Waals surface area contributed by atoms with Gasteiger partial charge in [-0.1, -0.05) is 66.2 Å². The molecule has 18 heavy (non-hydrogen) atoms. The Morgan fingerprint density at radius 2 is 1.17 bits per heavy atom. The van der Waals surface area contributed by atoms with Crippen molar-refractivity contribution in [2.75, 3.05) is 13.1 Å². The van der Waals surface area contributed by atoms with Crippen LogP contribution in [0.15, 0.2) is 0 Å². The molecule has 2 heteroatoms. The van der Waals surface area contributed by atoms with Crippen LogP contribution in [0.3, 0.4) is 0 Å². The molecule has 0 saturated carbocycles. The second kappa shape index (κ2) is 12.0. The van der Waals surface area contributed by atoms with Crippen LogP contribution in [0.1, 0.15) is 79.1 Å². The predicted molar refractivity (Wildman–Crippen MR) is 80.0 cm³/mol. The van der Waals surface area contributed by atoms with Crippen molar-refractivity contribution in [2.24, 2.45) is 11.8 Å². The van der Waals surface area contributed by atoms with Gasteiger partial charge in [0.1, 0.15) is 0 Å². The normalized spacial score (nSPS) is 15.0. The number of hydrogen-bond donors (Lipinski definition) is 1. The second-order valence-electron chi connectivity index (χ2n) is 5.70. The Hall–Kier alpha value is -0.0800. The number of hydrogen-bond acceptors (Lipinski definition) is 2. The average molecular weight is 257 g/mol. The molecule has 0 aromatic rings. The maximum atomic E-state index is 10.1. The van der Waals surface area contributed by atoms with Gasteiger partial charge in [-0.05, 0) is 24.7 Å². The smallest absolute Gasteiger partial charge is 0.0266 e. The molecule has 0 aliphatic rings. The van der Waals surface area contributed by atoms with Gasteiger partial charge < -0.3 is 5.21 Å². The molecule has 0 heterocycles. The van der Waals surface area contributed by atoms with Crippen molar-refractivity contribution < 1.29 is 5.21 Å². The lowest BCUT2D eigenvalue weighted by molar-refractivity contribution is -0.113.